The fourth-order valence-electron chi connectivity index (χ4n) is 6.94. The quantitative estimate of drug-likeness (QED) is 0.623. The molecular formula is C26H49N3. The first-order valence-corrected chi connectivity index (χ1v) is 12.8. The Morgan fingerprint density at radius 3 is 1.55 bits per heavy atom. The van der Waals surface area contributed by atoms with Crippen molar-refractivity contribution in [3.05, 3.63) is 0 Å². The van der Waals surface area contributed by atoms with E-state index in [1.54, 1.807) is 0 Å². The highest BCUT2D eigenvalue weighted by molar-refractivity contribution is 5.02. The molecule has 0 amide bonds. The van der Waals surface area contributed by atoms with E-state index in [0.29, 0.717) is 16.5 Å². The van der Waals surface area contributed by atoms with Crippen LogP contribution in [0.3, 0.4) is 0 Å². The van der Waals surface area contributed by atoms with E-state index in [4.69, 9.17) is 0 Å². The van der Waals surface area contributed by atoms with E-state index in [1.807, 2.05) is 0 Å². The zero-order chi connectivity index (χ0) is 20.9. The van der Waals surface area contributed by atoms with Gasteiger partial charge in [-0.3, -0.25) is 9.80 Å². The normalized spacial score (nSPS) is 30.0. The van der Waals surface area contributed by atoms with Crippen molar-refractivity contribution in [2.45, 2.75) is 110 Å². The molecule has 0 aromatic carbocycles. The maximum Gasteiger partial charge on any atom is 0.0125 e. The predicted octanol–water partition coefficient (Wildman–Crippen LogP) is 5.25. The number of hydrogen-bond donors (Lipinski definition) is 0. The first kappa shape index (κ1) is 22.1. The van der Waals surface area contributed by atoms with Gasteiger partial charge in [0.2, 0.25) is 0 Å². The minimum absolute atomic E-state index is 0.348. The molecule has 3 aliphatic heterocycles. The first-order chi connectivity index (χ1) is 13.6. The number of hydrogen-bond acceptors (Lipinski definition) is 3. The van der Waals surface area contributed by atoms with Crippen LogP contribution in [-0.2, 0) is 0 Å². The van der Waals surface area contributed by atoms with Crippen molar-refractivity contribution in [1.29, 1.82) is 0 Å². The summed E-state index contributed by atoms with van der Waals surface area (Å²) in [5.74, 6) is 2.06. The fourth-order valence-corrected chi connectivity index (χ4v) is 6.94. The smallest absolute Gasteiger partial charge is 0.0125 e. The standard InChI is InChI=1S/C26H49N3/c1-24(2,3)28-17-11-23(12-18-28)27-15-9-22(10-16-27)21-7-13-26(14-8-21)19-29(20-26)25(4,5)6/h21-23H,7-20H2,1-6H3. The summed E-state index contributed by atoms with van der Waals surface area (Å²) in [7, 11) is 0. The van der Waals surface area contributed by atoms with E-state index >= 15 is 0 Å². The molecule has 3 heteroatoms. The minimum atomic E-state index is 0.348. The third kappa shape index (κ3) is 4.88. The van der Waals surface area contributed by atoms with Crippen LogP contribution in [0.5, 0.6) is 0 Å². The molecule has 0 unspecified atom stereocenters. The molecule has 4 fully saturated rings. The van der Waals surface area contributed by atoms with Gasteiger partial charge in [0.1, 0.15) is 0 Å². The first-order valence-electron chi connectivity index (χ1n) is 12.8. The maximum absolute atomic E-state index is 2.87. The largest absolute Gasteiger partial charge is 0.300 e. The van der Waals surface area contributed by atoms with Crippen molar-refractivity contribution in [1.82, 2.24) is 14.7 Å². The van der Waals surface area contributed by atoms with Crippen LogP contribution < -0.4 is 0 Å². The molecular weight excluding hydrogens is 354 g/mol. The summed E-state index contributed by atoms with van der Waals surface area (Å²) in [6.07, 6.45) is 11.8. The van der Waals surface area contributed by atoms with Gasteiger partial charge in [-0.15, -0.1) is 0 Å². The second kappa shape index (κ2) is 8.10. The van der Waals surface area contributed by atoms with Gasteiger partial charge in [-0.2, -0.15) is 0 Å². The molecule has 0 N–H and O–H groups in total. The molecule has 3 nitrogen and oxygen atoms in total. The van der Waals surface area contributed by atoms with E-state index in [1.165, 1.54) is 90.6 Å². The predicted molar refractivity (Wildman–Crippen MR) is 124 cm³/mol. The van der Waals surface area contributed by atoms with Gasteiger partial charge in [0.05, 0.1) is 0 Å². The highest BCUT2D eigenvalue weighted by Gasteiger charge is 2.48. The van der Waals surface area contributed by atoms with Crippen molar-refractivity contribution in [2.24, 2.45) is 17.3 Å². The van der Waals surface area contributed by atoms with E-state index < -0.39 is 0 Å². The van der Waals surface area contributed by atoms with Crippen molar-refractivity contribution in [3.63, 3.8) is 0 Å². The topological polar surface area (TPSA) is 9.72 Å². The molecule has 3 saturated heterocycles. The van der Waals surface area contributed by atoms with Crippen molar-refractivity contribution in [3.8, 4) is 0 Å². The molecule has 4 rings (SSSR count). The van der Waals surface area contributed by atoms with Crippen LogP contribution in [0, 0.1) is 17.3 Å². The third-order valence-electron chi connectivity index (χ3n) is 9.26. The lowest BCUT2D eigenvalue weighted by molar-refractivity contribution is -0.0906. The molecule has 1 saturated carbocycles. The lowest BCUT2D eigenvalue weighted by Gasteiger charge is -2.58. The lowest BCUT2D eigenvalue weighted by atomic mass is 9.62. The van der Waals surface area contributed by atoms with Gasteiger partial charge in [-0.1, -0.05) is 0 Å². The Bertz CT molecular complexity index is 525. The third-order valence-corrected chi connectivity index (χ3v) is 9.26. The lowest BCUT2D eigenvalue weighted by Crippen LogP contribution is -2.63. The minimum Gasteiger partial charge on any atom is -0.300 e. The van der Waals surface area contributed by atoms with Gasteiger partial charge in [0.15, 0.2) is 0 Å². The van der Waals surface area contributed by atoms with Gasteiger partial charge in [0.25, 0.3) is 0 Å². The van der Waals surface area contributed by atoms with Crippen LogP contribution in [0.4, 0.5) is 0 Å². The summed E-state index contributed by atoms with van der Waals surface area (Å²) in [4.78, 5) is 8.26. The number of likely N-dealkylation sites (tertiary alicyclic amines) is 3. The second-order valence-corrected chi connectivity index (χ2v) is 13.1. The van der Waals surface area contributed by atoms with Crippen LogP contribution in [0.25, 0.3) is 0 Å². The molecule has 0 atom stereocenters. The molecule has 0 aromatic rings. The molecule has 168 valence electrons. The summed E-state index contributed by atoms with van der Waals surface area (Å²) >= 11 is 0. The van der Waals surface area contributed by atoms with E-state index in [2.05, 4.69) is 56.2 Å². The number of nitrogens with zero attached hydrogens (tertiary/aromatic N) is 3. The van der Waals surface area contributed by atoms with Gasteiger partial charge in [-0.05, 0) is 123 Å². The molecule has 0 aromatic heterocycles. The number of piperidine rings is 2. The average molecular weight is 404 g/mol. The van der Waals surface area contributed by atoms with Crippen molar-refractivity contribution in [2.75, 3.05) is 39.3 Å². The van der Waals surface area contributed by atoms with Gasteiger partial charge in [0, 0.05) is 43.3 Å². The average Bonchev–Trinajstić information content (AvgIpc) is 2.65. The zero-order valence-electron chi connectivity index (χ0n) is 20.5. The molecule has 3 heterocycles. The Balaban J connectivity index is 1.18. The summed E-state index contributed by atoms with van der Waals surface area (Å²) in [6.45, 7) is 22.4. The molecule has 4 aliphatic rings. The summed E-state index contributed by atoms with van der Waals surface area (Å²) in [5, 5.41) is 0. The summed E-state index contributed by atoms with van der Waals surface area (Å²) in [5.41, 5.74) is 1.42. The molecule has 29 heavy (non-hydrogen) atoms. The number of rotatable bonds is 2. The highest BCUT2D eigenvalue weighted by Crippen LogP contribution is 2.50. The Labute approximate surface area is 181 Å². The zero-order valence-corrected chi connectivity index (χ0v) is 20.5. The maximum atomic E-state index is 2.87. The monoisotopic (exact) mass is 403 g/mol. The van der Waals surface area contributed by atoms with Gasteiger partial charge >= 0.3 is 0 Å². The molecule has 1 aliphatic carbocycles. The second-order valence-electron chi connectivity index (χ2n) is 13.1. The van der Waals surface area contributed by atoms with Gasteiger partial charge in [-0.25, -0.2) is 0 Å². The van der Waals surface area contributed by atoms with E-state index in [0.717, 1.165) is 17.9 Å². The Hall–Kier alpha value is -0.120. The van der Waals surface area contributed by atoms with Crippen LogP contribution in [0.2, 0.25) is 0 Å². The fraction of sp³-hybridized carbons (Fsp3) is 1.00. The Morgan fingerprint density at radius 2 is 1.07 bits per heavy atom. The van der Waals surface area contributed by atoms with E-state index in [-0.39, 0.29) is 0 Å². The van der Waals surface area contributed by atoms with E-state index in [9.17, 15) is 0 Å². The Morgan fingerprint density at radius 1 is 0.586 bits per heavy atom. The van der Waals surface area contributed by atoms with Crippen LogP contribution in [0.15, 0.2) is 0 Å². The SMILES string of the molecule is CC(C)(C)N1CCC(N2CCC(C3CCC4(CC3)CN(C(C)(C)C)C4)CC2)CC1. The Kier molecular flexibility index (Phi) is 6.17. The summed E-state index contributed by atoms with van der Waals surface area (Å²) in [6, 6.07) is 0.863. The summed E-state index contributed by atoms with van der Waals surface area (Å²) < 4.78 is 0. The van der Waals surface area contributed by atoms with Crippen LogP contribution >= 0.6 is 0 Å². The van der Waals surface area contributed by atoms with Gasteiger partial charge < -0.3 is 4.90 Å². The van der Waals surface area contributed by atoms with Crippen molar-refractivity contribution >= 4 is 0 Å². The molecule has 0 radical (unpaired) electrons. The molecule has 1 spiro atoms. The van der Waals surface area contributed by atoms with Crippen molar-refractivity contribution < 1.29 is 0 Å². The highest BCUT2D eigenvalue weighted by atomic mass is 15.3. The van der Waals surface area contributed by atoms with Crippen LogP contribution in [-0.4, -0.2) is 71.1 Å². The van der Waals surface area contributed by atoms with Crippen LogP contribution in [0.1, 0.15) is 92.9 Å². The molecule has 0 bridgehead atoms.